The summed E-state index contributed by atoms with van der Waals surface area (Å²) in [7, 11) is 0. The third kappa shape index (κ3) is 4.90. The van der Waals surface area contributed by atoms with Gasteiger partial charge in [-0.25, -0.2) is 9.37 Å². The number of halogens is 1. The Bertz CT molecular complexity index is 842. The number of rotatable bonds is 4. The van der Waals surface area contributed by atoms with Crippen molar-refractivity contribution in [1.82, 2.24) is 14.8 Å². The van der Waals surface area contributed by atoms with E-state index in [0.717, 1.165) is 5.03 Å². The molecular formula is C21H24FN3O2S. The molecule has 28 heavy (non-hydrogen) atoms. The molecule has 0 radical (unpaired) electrons. The van der Waals surface area contributed by atoms with Crippen molar-refractivity contribution in [3.63, 3.8) is 0 Å². The molecule has 2 heterocycles. The molecule has 5 nitrogen and oxygen atoms in total. The van der Waals surface area contributed by atoms with E-state index in [1.54, 1.807) is 33.8 Å². The summed E-state index contributed by atoms with van der Waals surface area (Å²) in [6.07, 6.45) is 2.40. The molecule has 0 unspecified atom stereocenters. The van der Waals surface area contributed by atoms with Gasteiger partial charge in [0.2, 0.25) is 0 Å². The van der Waals surface area contributed by atoms with Crippen LogP contribution in [-0.2, 0) is 0 Å². The van der Waals surface area contributed by atoms with Crippen molar-refractivity contribution < 1.29 is 14.0 Å². The van der Waals surface area contributed by atoms with Gasteiger partial charge in [0.05, 0.1) is 5.56 Å². The van der Waals surface area contributed by atoms with Crippen LogP contribution in [0.15, 0.2) is 47.6 Å². The topological polar surface area (TPSA) is 53.5 Å². The molecular weight excluding hydrogens is 377 g/mol. The smallest absolute Gasteiger partial charge is 0.256 e. The molecule has 0 saturated carbocycles. The molecule has 1 saturated heterocycles. The van der Waals surface area contributed by atoms with E-state index in [1.807, 2.05) is 6.07 Å². The third-order valence-corrected chi connectivity index (χ3v) is 5.53. The first-order valence-electron chi connectivity index (χ1n) is 9.41. The van der Waals surface area contributed by atoms with Crippen molar-refractivity contribution in [1.29, 1.82) is 0 Å². The van der Waals surface area contributed by atoms with Gasteiger partial charge < -0.3 is 9.80 Å². The Labute approximate surface area is 168 Å². The molecule has 2 amide bonds. The van der Waals surface area contributed by atoms with Crippen LogP contribution in [0.4, 0.5) is 4.39 Å². The number of aromatic nitrogens is 1. The number of amides is 2. The summed E-state index contributed by atoms with van der Waals surface area (Å²) < 4.78 is 13.1. The van der Waals surface area contributed by atoms with Crippen LogP contribution in [0.5, 0.6) is 0 Å². The summed E-state index contributed by atoms with van der Waals surface area (Å²) >= 11 is 1.57. The zero-order valence-electron chi connectivity index (χ0n) is 16.1. The second-order valence-electron chi connectivity index (χ2n) is 6.97. The summed E-state index contributed by atoms with van der Waals surface area (Å²) in [4.78, 5) is 33.6. The molecule has 1 aliphatic heterocycles. The Hall–Kier alpha value is -2.41. The predicted molar refractivity (Wildman–Crippen MR) is 108 cm³/mol. The van der Waals surface area contributed by atoms with E-state index < -0.39 is 0 Å². The average molecular weight is 402 g/mol. The monoisotopic (exact) mass is 401 g/mol. The molecule has 0 N–H and O–H groups in total. The van der Waals surface area contributed by atoms with Crippen molar-refractivity contribution >= 4 is 23.6 Å². The maximum Gasteiger partial charge on any atom is 0.256 e. The minimum Gasteiger partial charge on any atom is -0.337 e. The maximum absolute atomic E-state index is 13.1. The molecule has 7 heteroatoms. The molecule has 0 aliphatic carbocycles. The second kappa shape index (κ2) is 9.19. The number of nitrogens with zero attached hydrogens (tertiary/aromatic N) is 3. The normalized spacial score (nSPS) is 14.9. The van der Waals surface area contributed by atoms with E-state index in [9.17, 15) is 14.0 Å². The fourth-order valence-electron chi connectivity index (χ4n) is 3.14. The van der Waals surface area contributed by atoms with Gasteiger partial charge in [-0.3, -0.25) is 9.59 Å². The Kier molecular flexibility index (Phi) is 6.67. The largest absolute Gasteiger partial charge is 0.337 e. The summed E-state index contributed by atoms with van der Waals surface area (Å²) in [6.45, 7) is 6.21. The van der Waals surface area contributed by atoms with Crippen LogP contribution in [0.3, 0.4) is 0 Å². The van der Waals surface area contributed by atoms with Gasteiger partial charge in [0.25, 0.3) is 11.8 Å². The molecule has 1 aromatic carbocycles. The lowest BCUT2D eigenvalue weighted by molar-refractivity contribution is 0.0716. The highest BCUT2D eigenvalue weighted by molar-refractivity contribution is 7.99. The number of pyridine rings is 1. The van der Waals surface area contributed by atoms with Crippen molar-refractivity contribution in [2.45, 2.75) is 30.5 Å². The molecule has 0 spiro atoms. The molecule has 2 aromatic rings. The molecule has 1 aliphatic rings. The van der Waals surface area contributed by atoms with Crippen molar-refractivity contribution in [3.8, 4) is 0 Å². The summed E-state index contributed by atoms with van der Waals surface area (Å²) in [6, 6.07) is 9.16. The Morgan fingerprint density at radius 3 is 2.29 bits per heavy atom. The molecule has 0 bridgehead atoms. The zero-order chi connectivity index (χ0) is 20.1. The standard InChI is InChI=1S/C21H24FN3O2S/c1-15(2)28-19-18(5-3-10-23-19)21(27)25-12-4-11-24(13-14-25)20(26)16-6-8-17(22)9-7-16/h3,5-10,15H,4,11-14H2,1-2H3. The SMILES string of the molecule is CC(C)Sc1ncccc1C(=O)N1CCCN(C(=O)c2ccc(F)cc2)CC1. The van der Waals surface area contributed by atoms with Gasteiger partial charge in [-0.05, 0) is 42.8 Å². The molecule has 3 rings (SSSR count). The zero-order valence-corrected chi connectivity index (χ0v) is 16.9. The molecule has 0 atom stereocenters. The first kappa shape index (κ1) is 20.3. The average Bonchev–Trinajstić information content (AvgIpc) is 2.94. The maximum atomic E-state index is 13.1. The Morgan fingerprint density at radius 1 is 1.00 bits per heavy atom. The minimum absolute atomic E-state index is 0.0488. The number of carbonyl (C=O) groups is 2. The summed E-state index contributed by atoms with van der Waals surface area (Å²) in [5.74, 6) is -0.546. The van der Waals surface area contributed by atoms with E-state index in [0.29, 0.717) is 49.0 Å². The highest BCUT2D eigenvalue weighted by atomic mass is 32.2. The lowest BCUT2D eigenvalue weighted by Crippen LogP contribution is -2.37. The van der Waals surface area contributed by atoms with Crippen LogP contribution in [0.25, 0.3) is 0 Å². The van der Waals surface area contributed by atoms with Crippen LogP contribution in [0.2, 0.25) is 0 Å². The highest BCUT2D eigenvalue weighted by Gasteiger charge is 2.25. The van der Waals surface area contributed by atoms with E-state index >= 15 is 0 Å². The van der Waals surface area contributed by atoms with Crippen molar-refractivity contribution in [2.75, 3.05) is 26.2 Å². The van der Waals surface area contributed by atoms with Gasteiger partial charge in [0.1, 0.15) is 10.8 Å². The van der Waals surface area contributed by atoms with Gasteiger partial charge in [-0.15, -0.1) is 11.8 Å². The van der Waals surface area contributed by atoms with E-state index in [2.05, 4.69) is 18.8 Å². The predicted octanol–water partition coefficient (Wildman–Crippen LogP) is 3.71. The second-order valence-corrected chi connectivity index (χ2v) is 8.53. The van der Waals surface area contributed by atoms with Crippen LogP contribution < -0.4 is 0 Å². The van der Waals surface area contributed by atoms with Crippen molar-refractivity contribution in [2.24, 2.45) is 0 Å². The minimum atomic E-state index is -0.365. The number of carbonyl (C=O) groups excluding carboxylic acids is 2. The fourth-order valence-corrected chi connectivity index (χ4v) is 3.99. The van der Waals surface area contributed by atoms with E-state index in [4.69, 9.17) is 0 Å². The lowest BCUT2D eigenvalue weighted by Gasteiger charge is -2.23. The Balaban J connectivity index is 1.69. The molecule has 1 fully saturated rings. The Morgan fingerprint density at radius 2 is 1.64 bits per heavy atom. The third-order valence-electron chi connectivity index (χ3n) is 4.51. The van der Waals surface area contributed by atoms with Gasteiger partial charge in [0, 0.05) is 43.2 Å². The molecule has 148 valence electrons. The summed E-state index contributed by atoms with van der Waals surface area (Å²) in [5.41, 5.74) is 1.07. The number of hydrogen-bond acceptors (Lipinski definition) is 4. The first-order valence-corrected chi connectivity index (χ1v) is 10.3. The van der Waals surface area contributed by atoms with E-state index in [1.165, 1.54) is 24.3 Å². The highest BCUT2D eigenvalue weighted by Crippen LogP contribution is 2.25. The number of hydrogen-bond donors (Lipinski definition) is 0. The first-order chi connectivity index (χ1) is 13.5. The number of thioether (sulfide) groups is 1. The summed E-state index contributed by atoms with van der Waals surface area (Å²) in [5, 5.41) is 1.07. The fraction of sp³-hybridized carbons (Fsp3) is 0.381. The molecule has 1 aromatic heterocycles. The van der Waals surface area contributed by atoms with Crippen LogP contribution in [0.1, 0.15) is 41.0 Å². The van der Waals surface area contributed by atoms with E-state index in [-0.39, 0.29) is 17.6 Å². The number of benzene rings is 1. The van der Waals surface area contributed by atoms with Crippen LogP contribution >= 0.6 is 11.8 Å². The van der Waals surface area contributed by atoms with Gasteiger partial charge >= 0.3 is 0 Å². The van der Waals surface area contributed by atoms with Crippen LogP contribution in [0, 0.1) is 5.82 Å². The van der Waals surface area contributed by atoms with Gasteiger partial charge in [0.15, 0.2) is 0 Å². The van der Waals surface area contributed by atoms with Crippen molar-refractivity contribution in [3.05, 3.63) is 59.5 Å². The lowest BCUT2D eigenvalue weighted by atomic mass is 10.2. The van der Waals surface area contributed by atoms with Crippen LogP contribution in [-0.4, -0.2) is 58.0 Å². The van der Waals surface area contributed by atoms with Gasteiger partial charge in [-0.2, -0.15) is 0 Å². The quantitative estimate of drug-likeness (QED) is 0.733. The van der Waals surface area contributed by atoms with Gasteiger partial charge in [-0.1, -0.05) is 13.8 Å².